The number of hydrogen-bond acceptors (Lipinski definition) is 4. The first-order chi connectivity index (χ1) is 10.8. The lowest BCUT2D eigenvalue weighted by molar-refractivity contribution is -0.131. The Morgan fingerprint density at radius 1 is 1.26 bits per heavy atom. The minimum atomic E-state index is -3.67. The molecule has 2 N–H and O–H groups in total. The van der Waals surface area contributed by atoms with Crippen LogP contribution in [0.25, 0.3) is 0 Å². The molecule has 23 heavy (non-hydrogen) atoms. The van der Waals surface area contributed by atoms with Crippen molar-refractivity contribution in [2.45, 2.75) is 30.7 Å². The summed E-state index contributed by atoms with van der Waals surface area (Å²) < 4.78 is 22.4. The zero-order valence-electron chi connectivity index (χ0n) is 13.1. The van der Waals surface area contributed by atoms with Crippen molar-refractivity contribution < 1.29 is 13.2 Å². The van der Waals surface area contributed by atoms with E-state index < -0.39 is 10.0 Å². The molecular weight excluding hydrogens is 332 g/mol. The van der Waals surface area contributed by atoms with Crippen LogP contribution in [0.5, 0.6) is 0 Å². The van der Waals surface area contributed by atoms with E-state index in [1.807, 2.05) is 24.4 Å². The number of sulfonamides is 1. The number of rotatable bonds is 6. The fourth-order valence-corrected chi connectivity index (χ4v) is 3.55. The van der Waals surface area contributed by atoms with Crippen LogP contribution in [0.4, 0.5) is 0 Å². The summed E-state index contributed by atoms with van der Waals surface area (Å²) in [6, 6.07) is 10.4. The SMILES string of the molecule is C[C@H](c1cccs1)N(C)C(=O)CCc1ccc(S(N)(=O)=O)cc1. The second kappa shape index (κ2) is 7.25. The van der Waals surface area contributed by atoms with Crippen LogP contribution in [0.3, 0.4) is 0 Å². The average Bonchev–Trinajstić information content (AvgIpc) is 3.05. The normalized spacial score (nSPS) is 12.8. The summed E-state index contributed by atoms with van der Waals surface area (Å²) in [5, 5.41) is 7.06. The van der Waals surface area contributed by atoms with Crippen LogP contribution in [0.15, 0.2) is 46.7 Å². The molecule has 0 aliphatic rings. The van der Waals surface area contributed by atoms with Crippen LogP contribution < -0.4 is 5.14 Å². The Morgan fingerprint density at radius 2 is 1.91 bits per heavy atom. The predicted molar refractivity (Wildman–Crippen MR) is 91.6 cm³/mol. The largest absolute Gasteiger partial charge is 0.338 e. The van der Waals surface area contributed by atoms with E-state index in [-0.39, 0.29) is 16.8 Å². The zero-order valence-corrected chi connectivity index (χ0v) is 14.7. The molecule has 2 rings (SSSR count). The minimum Gasteiger partial charge on any atom is -0.338 e. The second-order valence-electron chi connectivity index (χ2n) is 5.38. The van der Waals surface area contributed by atoms with E-state index >= 15 is 0 Å². The number of nitrogens with two attached hydrogens (primary N) is 1. The molecule has 0 bridgehead atoms. The molecule has 0 fully saturated rings. The van der Waals surface area contributed by atoms with Crippen molar-refractivity contribution in [2.75, 3.05) is 7.05 Å². The quantitative estimate of drug-likeness (QED) is 0.867. The zero-order chi connectivity index (χ0) is 17.0. The monoisotopic (exact) mass is 352 g/mol. The third-order valence-corrected chi connectivity index (χ3v) is 5.78. The highest BCUT2D eigenvalue weighted by Gasteiger charge is 2.18. The maximum absolute atomic E-state index is 12.3. The third kappa shape index (κ3) is 4.63. The standard InChI is InChI=1S/C16H20N2O3S2/c1-12(15-4-3-11-22-15)18(2)16(19)10-7-13-5-8-14(9-6-13)23(17,20)21/h3-6,8-9,11-12H,7,10H2,1-2H3,(H2,17,20,21)/t12-/m1/s1. The Labute approximate surface area is 140 Å². The molecule has 0 aliphatic carbocycles. The summed E-state index contributed by atoms with van der Waals surface area (Å²) in [4.78, 5) is 15.3. The molecule has 7 heteroatoms. The molecule has 0 radical (unpaired) electrons. The van der Waals surface area contributed by atoms with Gasteiger partial charge < -0.3 is 4.90 Å². The highest BCUT2D eigenvalue weighted by Crippen LogP contribution is 2.24. The fraction of sp³-hybridized carbons (Fsp3) is 0.312. The average molecular weight is 352 g/mol. The van der Waals surface area contributed by atoms with Crippen molar-refractivity contribution >= 4 is 27.3 Å². The number of carbonyl (C=O) groups is 1. The van der Waals surface area contributed by atoms with E-state index in [0.717, 1.165) is 10.4 Å². The molecule has 124 valence electrons. The van der Waals surface area contributed by atoms with E-state index in [9.17, 15) is 13.2 Å². The van der Waals surface area contributed by atoms with Crippen molar-refractivity contribution in [1.82, 2.24) is 4.90 Å². The van der Waals surface area contributed by atoms with Crippen LogP contribution >= 0.6 is 11.3 Å². The summed E-state index contributed by atoms with van der Waals surface area (Å²) in [6.07, 6.45) is 0.937. The molecule has 1 aromatic carbocycles. The predicted octanol–water partition coefficient (Wildman–Crippen LogP) is 2.55. The highest BCUT2D eigenvalue weighted by molar-refractivity contribution is 7.89. The van der Waals surface area contributed by atoms with Gasteiger partial charge in [-0.3, -0.25) is 4.79 Å². The van der Waals surface area contributed by atoms with E-state index in [1.54, 1.807) is 35.4 Å². The van der Waals surface area contributed by atoms with Crippen LogP contribution in [-0.4, -0.2) is 26.3 Å². The van der Waals surface area contributed by atoms with E-state index in [1.165, 1.54) is 12.1 Å². The third-order valence-electron chi connectivity index (χ3n) is 3.81. The summed E-state index contributed by atoms with van der Waals surface area (Å²) >= 11 is 1.63. The summed E-state index contributed by atoms with van der Waals surface area (Å²) in [5.41, 5.74) is 0.905. The summed E-state index contributed by atoms with van der Waals surface area (Å²) in [6.45, 7) is 2.00. The number of benzene rings is 1. The maximum atomic E-state index is 12.3. The van der Waals surface area contributed by atoms with Gasteiger partial charge in [0.25, 0.3) is 0 Å². The van der Waals surface area contributed by atoms with Gasteiger partial charge in [0, 0.05) is 18.3 Å². The van der Waals surface area contributed by atoms with Gasteiger partial charge in [-0.15, -0.1) is 11.3 Å². The number of nitrogens with zero attached hydrogens (tertiary/aromatic N) is 1. The fourth-order valence-electron chi connectivity index (χ4n) is 2.21. The van der Waals surface area contributed by atoms with Gasteiger partial charge in [0.2, 0.25) is 15.9 Å². The Morgan fingerprint density at radius 3 is 2.43 bits per heavy atom. The summed E-state index contributed by atoms with van der Waals surface area (Å²) in [7, 11) is -1.87. The highest BCUT2D eigenvalue weighted by atomic mass is 32.2. The lowest BCUT2D eigenvalue weighted by atomic mass is 10.1. The molecule has 1 amide bonds. The summed E-state index contributed by atoms with van der Waals surface area (Å²) in [5.74, 6) is 0.0569. The molecule has 0 saturated carbocycles. The molecule has 1 aromatic heterocycles. The van der Waals surface area contributed by atoms with Gasteiger partial charge in [-0.1, -0.05) is 18.2 Å². The van der Waals surface area contributed by atoms with Gasteiger partial charge in [-0.2, -0.15) is 0 Å². The topological polar surface area (TPSA) is 80.5 Å². The molecule has 0 aliphatic heterocycles. The van der Waals surface area contributed by atoms with Crippen LogP contribution in [0.1, 0.15) is 29.8 Å². The van der Waals surface area contributed by atoms with Crippen LogP contribution in [0, 0.1) is 0 Å². The van der Waals surface area contributed by atoms with Gasteiger partial charge in [0.1, 0.15) is 0 Å². The Hall–Kier alpha value is -1.70. The minimum absolute atomic E-state index is 0.0484. The Balaban J connectivity index is 1.93. The molecule has 1 heterocycles. The van der Waals surface area contributed by atoms with E-state index in [2.05, 4.69) is 0 Å². The first kappa shape index (κ1) is 17.7. The molecule has 0 unspecified atom stereocenters. The second-order valence-corrected chi connectivity index (χ2v) is 7.93. The maximum Gasteiger partial charge on any atom is 0.238 e. The lowest BCUT2D eigenvalue weighted by Gasteiger charge is -2.24. The van der Waals surface area contributed by atoms with Crippen molar-refractivity contribution in [3.63, 3.8) is 0 Å². The number of thiophene rings is 1. The Kier molecular flexibility index (Phi) is 5.56. The molecule has 0 spiro atoms. The van der Waals surface area contributed by atoms with E-state index in [0.29, 0.717) is 12.8 Å². The first-order valence-electron chi connectivity index (χ1n) is 7.20. The number of aryl methyl sites for hydroxylation is 1. The van der Waals surface area contributed by atoms with E-state index in [4.69, 9.17) is 5.14 Å². The smallest absolute Gasteiger partial charge is 0.238 e. The van der Waals surface area contributed by atoms with Crippen molar-refractivity contribution in [2.24, 2.45) is 5.14 Å². The molecular formula is C16H20N2O3S2. The van der Waals surface area contributed by atoms with Crippen LogP contribution in [0.2, 0.25) is 0 Å². The number of hydrogen-bond donors (Lipinski definition) is 1. The first-order valence-corrected chi connectivity index (χ1v) is 9.62. The molecule has 0 saturated heterocycles. The number of primary sulfonamides is 1. The number of amides is 1. The molecule has 2 aromatic rings. The molecule has 5 nitrogen and oxygen atoms in total. The van der Waals surface area contributed by atoms with Crippen molar-refractivity contribution in [1.29, 1.82) is 0 Å². The van der Waals surface area contributed by atoms with Gasteiger partial charge in [-0.05, 0) is 42.5 Å². The molecule has 1 atom stereocenters. The van der Waals surface area contributed by atoms with Gasteiger partial charge >= 0.3 is 0 Å². The number of carbonyl (C=O) groups excluding carboxylic acids is 1. The van der Waals surface area contributed by atoms with Crippen LogP contribution in [-0.2, 0) is 21.2 Å². The lowest BCUT2D eigenvalue weighted by Crippen LogP contribution is -2.29. The van der Waals surface area contributed by atoms with Gasteiger partial charge in [0.05, 0.1) is 10.9 Å². The van der Waals surface area contributed by atoms with Crippen molar-refractivity contribution in [3.8, 4) is 0 Å². The van der Waals surface area contributed by atoms with Crippen molar-refractivity contribution in [3.05, 3.63) is 52.2 Å². The Bertz CT molecular complexity index is 753. The van der Waals surface area contributed by atoms with Gasteiger partial charge in [0.15, 0.2) is 0 Å². The van der Waals surface area contributed by atoms with Gasteiger partial charge in [-0.25, -0.2) is 13.6 Å².